The first kappa shape index (κ1) is 23.0. The van der Waals surface area contributed by atoms with Gasteiger partial charge in [0.25, 0.3) is 0 Å². The molecule has 0 aliphatic carbocycles. The van der Waals surface area contributed by atoms with Crippen LogP contribution in [-0.2, 0) is 6.54 Å². The Morgan fingerprint density at radius 2 is 1.90 bits per heavy atom. The number of imidazole rings is 1. The first-order valence-corrected chi connectivity index (χ1v) is 9.89. The molecule has 0 bridgehead atoms. The molecule has 31 heavy (non-hydrogen) atoms. The summed E-state index contributed by atoms with van der Waals surface area (Å²) in [5.74, 6) is 0.335. The van der Waals surface area contributed by atoms with Crippen LogP contribution in [0.15, 0.2) is 59.7 Å². The lowest BCUT2D eigenvalue weighted by Gasteiger charge is -2.21. The lowest BCUT2D eigenvalue weighted by molar-refractivity contribution is 0.575. The minimum atomic E-state index is -0.537. The van der Waals surface area contributed by atoms with Gasteiger partial charge in [-0.05, 0) is 24.1 Å². The molecule has 164 valence electrons. The van der Waals surface area contributed by atoms with Crippen LogP contribution in [-0.4, -0.2) is 42.1 Å². The number of anilines is 1. The second-order valence-corrected chi connectivity index (χ2v) is 7.18. The van der Waals surface area contributed by atoms with Crippen molar-refractivity contribution in [1.29, 1.82) is 0 Å². The number of aromatic amines is 1. The SMILES string of the molecule is CN=C(NCc1ncc(-c2ccccc2)[nH]1)NC1CCN(c2c(F)cccc2F)C1.I. The third-order valence-electron chi connectivity index (χ3n) is 5.14. The molecule has 0 saturated carbocycles. The van der Waals surface area contributed by atoms with E-state index in [9.17, 15) is 8.78 Å². The van der Waals surface area contributed by atoms with Crippen molar-refractivity contribution >= 4 is 35.6 Å². The molecule has 1 aliphatic heterocycles. The second kappa shape index (κ2) is 10.6. The van der Waals surface area contributed by atoms with Gasteiger partial charge in [0.15, 0.2) is 5.96 Å². The summed E-state index contributed by atoms with van der Waals surface area (Å²) in [5, 5.41) is 6.56. The maximum Gasteiger partial charge on any atom is 0.191 e. The van der Waals surface area contributed by atoms with Crippen molar-refractivity contribution in [3.8, 4) is 11.3 Å². The quantitative estimate of drug-likeness (QED) is 0.262. The molecule has 1 atom stereocenters. The number of aliphatic imine (C=N–C) groups is 1. The zero-order valence-electron chi connectivity index (χ0n) is 17.1. The summed E-state index contributed by atoms with van der Waals surface area (Å²) < 4.78 is 28.1. The Kier molecular flexibility index (Phi) is 7.83. The fourth-order valence-corrected chi connectivity index (χ4v) is 3.64. The Labute approximate surface area is 197 Å². The lowest BCUT2D eigenvalue weighted by Crippen LogP contribution is -2.44. The molecule has 1 aromatic heterocycles. The lowest BCUT2D eigenvalue weighted by atomic mass is 10.2. The Balaban J connectivity index is 0.00000272. The van der Waals surface area contributed by atoms with Gasteiger partial charge in [0.1, 0.15) is 23.1 Å². The zero-order chi connectivity index (χ0) is 20.9. The molecule has 3 aromatic rings. The van der Waals surface area contributed by atoms with Gasteiger partial charge < -0.3 is 20.5 Å². The molecule has 0 radical (unpaired) electrons. The third-order valence-corrected chi connectivity index (χ3v) is 5.14. The summed E-state index contributed by atoms with van der Waals surface area (Å²) >= 11 is 0. The molecule has 2 aromatic carbocycles. The van der Waals surface area contributed by atoms with E-state index < -0.39 is 11.6 Å². The fourth-order valence-electron chi connectivity index (χ4n) is 3.64. The standard InChI is InChI=1S/C22H24F2N6.HI/c1-25-22(27-13-20-26-12-19(29-20)15-6-3-2-4-7-15)28-16-10-11-30(14-16)21-17(23)8-5-9-18(21)24;/h2-9,12,16H,10-11,13-14H2,1H3,(H,26,29)(H2,25,27,28);1H. The molecule has 2 heterocycles. The van der Waals surface area contributed by atoms with E-state index in [1.54, 1.807) is 18.1 Å². The number of nitrogens with one attached hydrogen (secondary N) is 3. The van der Waals surface area contributed by atoms with Gasteiger partial charge in [-0.3, -0.25) is 4.99 Å². The number of halogens is 3. The minimum absolute atomic E-state index is 0. The summed E-state index contributed by atoms with van der Waals surface area (Å²) in [6.07, 6.45) is 2.56. The highest BCUT2D eigenvalue weighted by atomic mass is 127. The first-order chi connectivity index (χ1) is 14.6. The minimum Gasteiger partial charge on any atom is -0.365 e. The fraction of sp³-hybridized carbons (Fsp3) is 0.273. The van der Waals surface area contributed by atoms with Crippen molar-refractivity contribution in [3.05, 3.63) is 72.2 Å². The van der Waals surface area contributed by atoms with Crippen LogP contribution in [0.4, 0.5) is 14.5 Å². The number of aromatic nitrogens is 2. The van der Waals surface area contributed by atoms with Crippen LogP contribution in [0.25, 0.3) is 11.3 Å². The van der Waals surface area contributed by atoms with Gasteiger partial charge in [0.05, 0.1) is 18.4 Å². The van der Waals surface area contributed by atoms with Crippen molar-refractivity contribution < 1.29 is 8.78 Å². The molecule has 1 unspecified atom stereocenters. The highest BCUT2D eigenvalue weighted by Gasteiger charge is 2.27. The normalized spacial score (nSPS) is 16.2. The largest absolute Gasteiger partial charge is 0.365 e. The number of benzene rings is 2. The number of hydrogen-bond acceptors (Lipinski definition) is 3. The van der Waals surface area contributed by atoms with Crippen LogP contribution in [0.2, 0.25) is 0 Å². The topological polar surface area (TPSA) is 68.3 Å². The molecular formula is C22H25F2IN6. The van der Waals surface area contributed by atoms with E-state index in [2.05, 4.69) is 25.6 Å². The van der Waals surface area contributed by atoms with E-state index in [1.165, 1.54) is 18.2 Å². The zero-order valence-corrected chi connectivity index (χ0v) is 19.4. The summed E-state index contributed by atoms with van der Waals surface area (Å²) in [5.41, 5.74) is 2.06. The molecule has 4 rings (SSSR count). The van der Waals surface area contributed by atoms with E-state index in [0.29, 0.717) is 25.6 Å². The highest BCUT2D eigenvalue weighted by Crippen LogP contribution is 2.26. The number of rotatable bonds is 5. The number of nitrogens with zero attached hydrogens (tertiary/aromatic N) is 3. The molecule has 3 N–H and O–H groups in total. The second-order valence-electron chi connectivity index (χ2n) is 7.18. The monoisotopic (exact) mass is 538 g/mol. The third kappa shape index (κ3) is 5.52. The molecule has 1 aliphatic rings. The summed E-state index contributed by atoms with van der Waals surface area (Å²) in [7, 11) is 1.69. The number of para-hydroxylation sites is 1. The van der Waals surface area contributed by atoms with Gasteiger partial charge in [0, 0.05) is 26.2 Å². The van der Waals surface area contributed by atoms with Crippen molar-refractivity contribution in [2.24, 2.45) is 4.99 Å². The van der Waals surface area contributed by atoms with Crippen LogP contribution in [0.1, 0.15) is 12.2 Å². The van der Waals surface area contributed by atoms with Gasteiger partial charge in [-0.15, -0.1) is 24.0 Å². The van der Waals surface area contributed by atoms with E-state index in [1.807, 2.05) is 30.3 Å². The van der Waals surface area contributed by atoms with Crippen molar-refractivity contribution in [2.45, 2.75) is 19.0 Å². The molecule has 0 spiro atoms. The van der Waals surface area contributed by atoms with Crippen LogP contribution in [0.5, 0.6) is 0 Å². The van der Waals surface area contributed by atoms with Crippen LogP contribution < -0.4 is 15.5 Å². The van der Waals surface area contributed by atoms with E-state index >= 15 is 0 Å². The average molecular weight is 538 g/mol. The summed E-state index contributed by atoms with van der Waals surface area (Å²) in [6.45, 7) is 1.55. The predicted molar refractivity (Wildman–Crippen MR) is 130 cm³/mol. The van der Waals surface area contributed by atoms with Gasteiger partial charge in [0.2, 0.25) is 0 Å². The Morgan fingerprint density at radius 1 is 1.16 bits per heavy atom. The predicted octanol–water partition coefficient (Wildman–Crippen LogP) is 3.92. The van der Waals surface area contributed by atoms with E-state index in [-0.39, 0.29) is 35.7 Å². The van der Waals surface area contributed by atoms with Crippen molar-refractivity contribution in [1.82, 2.24) is 20.6 Å². The van der Waals surface area contributed by atoms with Gasteiger partial charge in [-0.25, -0.2) is 13.8 Å². The molecule has 9 heteroatoms. The average Bonchev–Trinajstić information content (AvgIpc) is 3.41. The number of H-pyrrole nitrogens is 1. The smallest absolute Gasteiger partial charge is 0.191 e. The maximum absolute atomic E-state index is 14.0. The summed E-state index contributed by atoms with van der Waals surface area (Å²) in [6, 6.07) is 14.0. The van der Waals surface area contributed by atoms with Crippen LogP contribution in [0.3, 0.4) is 0 Å². The Morgan fingerprint density at radius 3 is 2.61 bits per heavy atom. The summed E-state index contributed by atoms with van der Waals surface area (Å²) in [4.78, 5) is 13.7. The highest BCUT2D eigenvalue weighted by molar-refractivity contribution is 14.0. The van der Waals surface area contributed by atoms with Crippen LogP contribution >= 0.6 is 24.0 Å². The first-order valence-electron chi connectivity index (χ1n) is 9.89. The Hall–Kier alpha value is -2.69. The molecule has 6 nitrogen and oxygen atoms in total. The van der Waals surface area contributed by atoms with Crippen molar-refractivity contribution in [3.63, 3.8) is 0 Å². The Bertz CT molecular complexity index is 1000. The van der Waals surface area contributed by atoms with Crippen molar-refractivity contribution in [2.75, 3.05) is 25.0 Å². The van der Waals surface area contributed by atoms with E-state index in [0.717, 1.165) is 23.5 Å². The molecule has 1 saturated heterocycles. The molecule has 1 fully saturated rings. The van der Waals surface area contributed by atoms with Crippen LogP contribution in [0, 0.1) is 11.6 Å². The number of hydrogen-bond donors (Lipinski definition) is 3. The maximum atomic E-state index is 14.0. The van der Waals surface area contributed by atoms with Gasteiger partial charge >= 0.3 is 0 Å². The van der Waals surface area contributed by atoms with Gasteiger partial charge in [-0.1, -0.05) is 36.4 Å². The molecule has 0 amide bonds. The van der Waals surface area contributed by atoms with Gasteiger partial charge in [-0.2, -0.15) is 0 Å². The molecular weight excluding hydrogens is 513 g/mol. The number of guanidine groups is 1. The van der Waals surface area contributed by atoms with E-state index in [4.69, 9.17) is 0 Å².